The molecule has 0 unspecified atom stereocenters. The van der Waals surface area contributed by atoms with E-state index in [1.54, 1.807) is 12.1 Å². The van der Waals surface area contributed by atoms with E-state index in [2.05, 4.69) is 15.0 Å². The van der Waals surface area contributed by atoms with Crippen LogP contribution in [0, 0.1) is 0 Å². The van der Waals surface area contributed by atoms with Crippen LogP contribution in [0.2, 0.25) is 5.15 Å². The van der Waals surface area contributed by atoms with Gasteiger partial charge in [-0.1, -0.05) is 11.6 Å². The Balaban J connectivity index is 2.46. The molecule has 2 aromatic rings. The molecule has 2 heterocycles. The number of nitrogens with one attached hydrogen (secondary N) is 1. The van der Waals surface area contributed by atoms with Crippen LogP contribution in [0.15, 0.2) is 28.9 Å². The van der Waals surface area contributed by atoms with Crippen molar-refractivity contribution in [2.24, 2.45) is 0 Å². The minimum absolute atomic E-state index is 0.0168. The van der Waals surface area contributed by atoms with Crippen LogP contribution < -0.4 is 5.32 Å². The largest absolute Gasteiger partial charge is 0.467 e. The van der Waals surface area contributed by atoms with E-state index in [0.717, 1.165) is 13.2 Å². The number of ether oxygens (including phenoxy) is 1. The molecule has 0 aliphatic carbocycles. The lowest BCUT2D eigenvalue weighted by Gasteiger charge is -2.17. The summed E-state index contributed by atoms with van der Waals surface area (Å²) in [7, 11) is 0.959. The zero-order valence-corrected chi connectivity index (χ0v) is 12.0. The second kappa shape index (κ2) is 6.27. The van der Waals surface area contributed by atoms with Crippen LogP contribution in [0.5, 0.6) is 0 Å². The monoisotopic (exact) mass is 334 g/mol. The number of pyridine rings is 1. The van der Waals surface area contributed by atoms with E-state index in [1.165, 1.54) is 6.26 Å². The van der Waals surface area contributed by atoms with E-state index in [0.29, 0.717) is 5.76 Å². The number of aromatic nitrogens is 1. The average Bonchev–Trinajstić information content (AvgIpc) is 2.95. The molecule has 0 radical (unpaired) electrons. The molecule has 0 amide bonds. The van der Waals surface area contributed by atoms with Gasteiger partial charge >= 0.3 is 12.1 Å². The van der Waals surface area contributed by atoms with Crippen LogP contribution in [0.3, 0.4) is 0 Å². The number of furan rings is 1. The number of esters is 1. The Hall–Kier alpha value is -2.22. The van der Waals surface area contributed by atoms with E-state index < -0.39 is 23.4 Å². The van der Waals surface area contributed by atoms with Gasteiger partial charge in [-0.3, -0.25) is 0 Å². The van der Waals surface area contributed by atoms with Crippen molar-refractivity contribution < 1.29 is 27.1 Å². The molecule has 5 nitrogen and oxygen atoms in total. The highest BCUT2D eigenvalue weighted by Crippen LogP contribution is 2.38. The lowest BCUT2D eigenvalue weighted by Crippen LogP contribution is -2.19. The van der Waals surface area contributed by atoms with Gasteiger partial charge in [0.25, 0.3) is 0 Å². The molecule has 0 aliphatic rings. The first-order valence-corrected chi connectivity index (χ1v) is 6.33. The summed E-state index contributed by atoms with van der Waals surface area (Å²) in [5, 5.41) is 2.27. The van der Waals surface area contributed by atoms with Gasteiger partial charge in [-0.25, -0.2) is 9.78 Å². The maximum Gasteiger partial charge on any atom is 0.420 e. The molecular weight excluding hydrogens is 325 g/mol. The van der Waals surface area contributed by atoms with Crippen LogP contribution in [0.25, 0.3) is 0 Å². The molecular formula is C13H10ClF3N2O3. The van der Waals surface area contributed by atoms with Crippen molar-refractivity contribution in [2.75, 3.05) is 12.4 Å². The molecule has 0 atom stereocenters. The van der Waals surface area contributed by atoms with Gasteiger partial charge in [-0.15, -0.1) is 0 Å². The summed E-state index contributed by atoms with van der Waals surface area (Å²) < 4.78 is 49.1. The Kier molecular flexibility index (Phi) is 4.60. The topological polar surface area (TPSA) is 64.4 Å². The molecule has 0 aromatic carbocycles. The Morgan fingerprint density at radius 3 is 2.77 bits per heavy atom. The Morgan fingerprint density at radius 1 is 1.50 bits per heavy atom. The average molecular weight is 335 g/mol. The molecule has 0 fully saturated rings. The summed E-state index contributed by atoms with van der Waals surface area (Å²) in [6.45, 7) is -0.0168. The molecule has 0 spiro atoms. The van der Waals surface area contributed by atoms with E-state index >= 15 is 0 Å². The van der Waals surface area contributed by atoms with Crippen molar-refractivity contribution in [3.05, 3.63) is 46.6 Å². The molecule has 1 N–H and O–H groups in total. The standard InChI is InChI=1S/C13H10ClF3N2O3/c1-21-12(20)11-10(13(15,16)17)8(5-9(14)19-11)18-6-7-3-2-4-22-7/h2-5H,6H2,1H3,(H,18,19). The lowest BCUT2D eigenvalue weighted by atomic mass is 10.1. The number of methoxy groups -OCH3 is 1. The number of carbonyl (C=O) groups excluding carboxylic acids is 1. The SMILES string of the molecule is COC(=O)c1nc(Cl)cc(NCc2ccco2)c1C(F)(F)F. The fourth-order valence-corrected chi connectivity index (χ4v) is 1.97. The summed E-state index contributed by atoms with van der Waals surface area (Å²) in [5.74, 6) is -0.809. The Labute approximate surface area is 128 Å². The number of anilines is 1. The number of hydrogen-bond donors (Lipinski definition) is 1. The highest BCUT2D eigenvalue weighted by molar-refractivity contribution is 6.29. The molecule has 0 bridgehead atoms. The number of rotatable bonds is 4. The van der Waals surface area contributed by atoms with Crippen molar-refractivity contribution in [1.82, 2.24) is 4.98 Å². The van der Waals surface area contributed by atoms with Crippen LogP contribution in [-0.4, -0.2) is 18.1 Å². The first-order chi connectivity index (χ1) is 10.3. The maximum atomic E-state index is 13.2. The third-order valence-corrected chi connectivity index (χ3v) is 2.88. The fraction of sp³-hybridized carbons (Fsp3) is 0.231. The highest BCUT2D eigenvalue weighted by atomic mass is 35.5. The van der Waals surface area contributed by atoms with Crippen LogP contribution in [0.1, 0.15) is 21.8 Å². The van der Waals surface area contributed by atoms with Crippen LogP contribution in [-0.2, 0) is 17.5 Å². The number of hydrogen-bond acceptors (Lipinski definition) is 5. The predicted octanol–water partition coefficient (Wildman–Crippen LogP) is 3.75. The summed E-state index contributed by atoms with van der Waals surface area (Å²) in [4.78, 5) is 15.0. The van der Waals surface area contributed by atoms with Gasteiger partial charge in [0, 0.05) is 0 Å². The van der Waals surface area contributed by atoms with Gasteiger partial charge < -0.3 is 14.5 Å². The number of carbonyl (C=O) groups is 1. The molecule has 0 saturated heterocycles. The number of alkyl halides is 3. The van der Waals surface area contributed by atoms with Gasteiger partial charge in [-0.05, 0) is 18.2 Å². The minimum Gasteiger partial charge on any atom is -0.467 e. The van der Waals surface area contributed by atoms with Crippen LogP contribution in [0.4, 0.5) is 18.9 Å². The van der Waals surface area contributed by atoms with Crippen molar-refractivity contribution in [2.45, 2.75) is 12.7 Å². The zero-order chi connectivity index (χ0) is 16.3. The molecule has 2 aromatic heterocycles. The molecule has 2 rings (SSSR count). The molecule has 9 heteroatoms. The quantitative estimate of drug-likeness (QED) is 0.681. The molecule has 0 saturated carbocycles. The Bertz CT molecular complexity index is 672. The molecule has 0 aliphatic heterocycles. The van der Waals surface area contributed by atoms with Gasteiger partial charge in [0.15, 0.2) is 5.69 Å². The third-order valence-electron chi connectivity index (χ3n) is 2.68. The van der Waals surface area contributed by atoms with Crippen molar-refractivity contribution in [1.29, 1.82) is 0 Å². The van der Waals surface area contributed by atoms with Gasteiger partial charge in [0.2, 0.25) is 0 Å². The smallest absolute Gasteiger partial charge is 0.420 e. The predicted molar refractivity (Wildman–Crippen MR) is 71.6 cm³/mol. The maximum absolute atomic E-state index is 13.2. The Morgan fingerprint density at radius 2 is 2.23 bits per heavy atom. The second-order valence-electron chi connectivity index (χ2n) is 4.14. The molecule has 22 heavy (non-hydrogen) atoms. The number of halogens is 4. The van der Waals surface area contributed by atoms with Crippen molar-refractivity contribution in [3.8, 4) is 0 Å². The first-order valence-electron chi connectivity index (χ1n) is 5.95. The van der Waals surface area contributed by atoms with Gasteiger partial charge in [0.05, 0.1) is 25.6 Å². The van der Waals surface area contributed by atoms with Crippen molar-refractivity contribution in [3.63, 3.8) is 0 Å². The summed E-state index contributed by atoms with van der Waals surface area (Å²) in [6.07, 6.45) is -3.42. The summed E-state index contributed by atoms with van der Waals surface area (Å²) >= 11 is 5.68. The zero-order valence-electron chi connectivity index (χ0n) is 11.2. The molecule has 118 valence electrons. The van der Waals surface area contributed by atoms with E-state index in [4.69, 9.17) is 16.0 Å². The normalized spacial score (nSPS) is 11.3. The summed E-state index contributed by atoms with van der Waals surface area (Å²) in [6, 6.07) is 4.17. The highest BCUT2D eigenvalue weighted by Gasteiger charge is 2.40. The first kappa shape index (κ1) is 16.2. The summed E-state index contributed by atoms with van der Waals surface area (Å²) in [5.41, 5.74) is -2.52. The van der Waals surface area contributed by atoms with E-state index in [1.807, 2.05) is 0 Å². The number of nitrogens with zero attached hydrogens (tertiary/aromatic N) is 1. The van der Waals surface area contributed by atoms with Crippen LogP contribution >= 0.6 is 11.6 Å². The van der Waals surface area contributed by atoms with Gasteiger partial charge in [0.1, 0.15) is 16.5 Å². The lowest BCUT2D eigenvalue weighted by molar-refractivity contribution is -0.137. The van der Waals surface area contributed by atoms with E-state index in [9.17, 15) is 18.0 Å². The third kappa shape index (κ3) is 3.51. The fourth-order valence-electron chi connectivity index (χ4n) is 1.78. The minimum atomic E-state index is -4.81. The van der Waals surface area contributed by atoms with E-state index in [-0.39, 0.29) is 17.4 Å². The second-order valence-corrected chi connectivity index (χ2v) is 4.53. The van der Waals surface area contributed by atoms with Gasteiger partial charge in [-0.2, -0.15) is 13.2 Å². The van der Waals surface area contributed by atoms with Crippen molar-refractivity contribution >= 4 is 23.3 Å².